The zero-order valence-corrected chi connectivity index (χ0v) is 14.4. The van der Waals surface area contributed by atoms with Crippen LogP contribution in [-0.4, -0.2) is 29.2 Å². The van der Waals surface area contributed by atoms with E-state index < -0.39 is 0 Å². The Kier molecular flexibility index (Phi) is 5.28. The van der Waals surface area contributed by atoms with Crippen molar-refractivity contribution in [3.05, 3.63) is 69.7 Å². The Morgan fingerprint density at radius 3 is 2.75 bits per heavy atom. The molecule has 0 bridgehead atoms. The topological polar surface area (TPSA) is 48.2 Å². The fraction of sp³-hybridized carbons (Fsp3) is 0.263. The first-order chi connectivity index (χ1) is 11.7. The minimum absolute atomic E-state index is 0.250. The number of benzene rings is 2. The van der Waals surface area contributed by atoms with E-state index in [-0.39, 0.29) is 6.54 Å². The van der Waals surface area contributed by atoms with Crippen LogP contribution in [0.5, 0.6) is 0 Å². The number of hydroxylamine groups is 2. The smallest absolute Gasteiger partial charge is 0.146 e. The van der Waals surface area contributed by atoms with E-state index in [1.807, 2.05) is 48.5 Å². The van der Waals surface area contributed by atoms with Crippen LogP contribution in [0.25, 0.3) is 5.70 Å². The standard InChI is InChI=1S/C19H20ClN3O/c1-2-3-11-21-18-13-23(24)19(14-7-5-4-6-8-14)16-12-15(20)9-10-17(16)22-18/h4-10,12,24H,2-3,11,13H2,1H3. The predicted molar refractivity (Wildman–Crippen MR) is 96.9 cm³/mol. The predicted octanol–water partition coefficient (Wildman–Crippen LogP) is 3.02. The van der Waals surface area contributed by atoms with Gasteiger partial charge in [0, 0.05) is 22.3 Å². The molecular formula is C19H20ClN3O. The van der Waals surface area contributed by atoms with Gasteiger partial charge in [0.05, 0.1) is 11.1 Å². The number of rotatable bonds is 4. The molecule has 0 aromatic heterocycles. The molecule has 0 fully saturated rings. The molecule has 5 heteroatoms. The minimum atomic E-state index is 0.250. The van der Waals surface area contributed by atoms with Crippen molar-refractivity contribution in [2.75, 3.05) is 13.1 Å². The zero-order valence-electron chi connectivity index (χ0n) is 13.6. The van der Waals surface area contributed by atoms with E-state index in [4.69, 9.17) is 11.6 Å². The van der Waals surface area contributed by atoms with Crippen LogP contribution in [0.15, 0.2) is 58.5 Å². The molecule has 0 radical (unpaired) electrons. The fourth-order valence-electron chi connectivity index (χ4n) is 2.67. The molecule has 4 nitrogen and oxygen atoms in total. The van der Waals surface area contributed by atoms with Crippen molar-refractivity contribution in [1.82, 2.24) is 5.06 Å². The average molecular weight is 342 g/mol. The maximum atomic E-state index is 10.7. The van der Waals surface area contributed by atoms with Crippen LogP contribution < -0.4 is 10.6 Å². The zero-order chi connectivity index (χ0) is 16.9. The quantitative estimate of drug-likeness (QED) is 0.869. The normalized spacial score (nSPS) is 15.9. The maximum absolute atomic E-state index is 10.7. The second-order valence-corrected chi connectivity index (χ2v) is 6.13. The van der Waals surface area contributed by atoms with Gasteiger partial charge in [-0.2, -0.15) is 0 Å². The second kappa shape index (κ2) is 7.60. The number of aliphatic imine (C=N–C) groups is 1. The van der Waals surface area contributed by atoms with Crippen LogP contribution >= 0.6 is 11.6 Å². The van der Waals surface area contributed by atoms with Crippen molar-refractivity contribution >= 4 is 23.1 Å². The molecule has 124 valence electrons. The van der Waals surface area contributed by atoms with Gasteiger partial charge in [-0.25, -0.2) is 10.1 Å². The number of halogens is 1. The van der Waals surface area contributed by atoms with E-state index in [1.165, 1.54) is 5.06 Å². The molecule has 0 atom stereocenters. The Labute approximate surface area is 146 Å². The van der Waals surface area contributed by atoms with E-state index >= 15 is 0 Å². The monoisotopic (exact) mass is 341 g/mol. The first-order valence-electron chi connectivity index (χ1n) is 8.13. The number of amidine groups is 1. The molecule has 3 rings (SSSR count). The lowest BCUT2D eigenvalue weighted by Gasteiger charge is -2.19. The van der Waals surface area contributed by atoms with Crippen molar-refractivity contribution < 1.29 is 5.21 Å². The lowest BCUT2D eigenvalue weighted by atomic mass is 10.1. The molecule has 1 N–H and O–H groups in total. The van der Waals surface area contributed by atoms with Gasteiger partial charge in [0.2, 0.25) is 0 Å². The molecule has 24 heavy (non-hydrogen) atoms. The lowest BCUT2D eigenvalue weighted by Crippen LogP contribution is -2.31. The average Bonchev–Trinajstić information content (AvgIpc) is 2.71. The van der Waals surface area contributed by atoms with Crippen LogP contribution in [0.4, 0.5) is 0 Å². The fourth-order valence-corrected chi connectivity index (χ4v) is 2.85. The highest BCUT2D eigenvalue weighted by atomic mass is 35.5. The van der Waals surface area contributed by atoms with Crippen molar-refractivity contribution in [2.24, 2.45) is 9.98 Å². The van der Waals surface area contributed by atoms with Crippen LogP contribution in [0.1, 0.15) is 25.3 Å². The van der Waals surface area contributed by atoms with Gasteiger partial charge >= 0.3 is 0 Å². The number of hydrogen-bond acceptors (Lipinski definition) is 3. The van der Waals surface area contributed by atoms with Gasteiger partial charge in [-0.05, 0) is 24.6 Å². The molecule has 2 aromatic carbocycles. The highest BCUT2D eigenvalue weighted by Crippen LogP contribution is 2.16. The van der Waals surface area contributed by atoms with Crippen molar-refractivity contribution in [3.8, 4) is 0 Å². The van der Waals surface area contributed by atoms with Gasteiger partial charge in [-0.3, -0.25) is 10.2 Å². The van der Waals surface area contributed by atoms with Gasteiger partial charge in [0.15, 0.2) is 0 Å². The van der Waals surface area contributed by atoms with E-state index in [9.17, 15) is 5.21 Å². The summed E-state index contributed by atoms with van der Waals surface area (Å²) in [6.45, 7) is 3.09. The van der Waals surface area contributed by atoms with E-state index in [0.29, 0.717) is 23.1 Å². The lowest BCUT2D eigenvalue weighted by molar-refractivity contribution is -0.0120. The van der Waals surface area contributed by atoms with E-state index in [2.05, 4.69) is 16.9 Å². The highest BCUT2D eigenvalue weighted by Gasteiger charge is 2.17. The Bertz CT molecular complexity index is 862. The number of fused-ring (bicyclic) bond motifs is 1. The Morgan fingerprint density at radius 1 is 1.21 bits per heavy atom. The summed E-state index contributed by atoms with van der Waals surface area (Å²) in [5.41, 5.74) is 1.60. The first-order valence-corrected chi connectivity index (χ1v) is 8.50. The Balaban J connectivity index is 2.21. The van der Waals surface area contributed by atoms with Crippen molar-refractivity contribution in [1.29, 1.82) is 0 Å². The molecule has 1 heterocycles. The Hall–Kier alpha value is -2.17. The highest BCUT2D eigenvalue weighted by molar-refractivity contribution is 6.30. The molecule has 1 aliphatic heterocycles. The molecule has 2 aromatic rings. The molecule has 0 amide bonds. The molecule has 0 saturated heterocycles. The van der Waals surface area contributed by atoms with E-state index in [1.54, 1.807) is 0 Å². The number of unbranched alkanes of at least 4 members (excludes halogenated alkanes) is 1. The Morgan fingerprint density at radius 2 is 2.00 bits per heavy atom. The maximum Gasteiger partial charge on any atom is 0.146 e. The van der Waals surface area contributed by atoms with Crippen LogP contribution in [0.3, 0.4) is 0 Å². The van der Waals surface area contributed by atoms with E-state index in [0.717, 1.165) is 29.0 Å². The molecule has 0 unspecified atom stereocenters. The van der Waals surface area contributed by atoms with Gasteiger partial charge in [0.1, 0.15) is 12.4 Å². The molecule has 1 aliphatic rings. The second-order valence-electron chi connectivity index (χ2n) is 5.70. The summed E-state index contributed by atoms with van der Waals surface area (Å²) >= 11 is 6.18. The first kappa shape index (κ1) is 16.7. The summed E-state index contributed by atoms with van der Waals surface area (Å²) in [7, 11) is 0. The summed E-state index contributed by atoms with van der Waals surface area (Å²) in [6, 6.07) is 15.3. The minimum Gasteiger partial charge on any atom is -0.288 e. The molecule has 0 aliphatic carbocycles. The van der Waals surface area contributed by atoms with Crippen molar-refractivity contribution in [2.45, 2.75) is 19.8 Å². The molecule has 0 saturated carbocycles. The van der Waals surface area contributed by atoms with Crippen molar-refractivity contribution in [3.63, 3.8) is 0 Å². The molecular weight excluding hydrogens is 322 g/mol. The van der Waals surface area contributed by atoms with Gasteiger partial charge in [-0.15, -0.1) is 0 Å². The third-order valence-corrected chi connectivity index (χ3v) is 4.10. The molecule has 0 spiro atoms. The van der Waals surface area contributed by atoms with Crippen LogP contribution in [0.2, 0.25) is 5.02 Å². The van der Waals surface area contributed by atoms with Crippen LogP contribution in [0, 0.1) is 0 Å². The SMILES string of the molecule is CCCCN=C1CN(O)C(c2ccccc2)=c2cc(Cl)ccc2=N1. The third-order valence-electron chi connectivity index (χ3n) is 3.87. The van der Waals surface area contributed by atoms with Crippen LogP contribution in [-0.2, 0) is 0 Å². The summed E-state index contributed by atoms with van der Waals surface area (Å²) < 4.78 is 0. The number of hydrogen-bond donors (Lipinski definition) is 1. The summed E-state index contributed by atoms with van der Waals surface area (Å²) in [4.78, 5) is 9.18. The summed E-state index contributed by atoms with van der Waals surface area (Å²) in [5.74, 6) is 0.625. The largest absolute Gasteiger partial charge is 0.288 e. The van der Waals surface area contributed by atoms with Gasteiger partial charge in [0.25, 0.3) is 0 Å². The summed E-state index contributed by atoms with van der Waals surface area (Å²) in [5, 5.41) is 14.1. The van der Waals surface area contributed by atoms with Gasteiger partial charge < -0.3 is 0 Å². The van der Waals surface area contributed by atoms with Gasteiger partial charge in [-0.1, -0.05) is 55.3 Å². The summed E-state index contributed by atoms with van der Waals surface area (Å²) in [6.07, 6.45) is 2.08. The number of nitrogens with zero attached hydrogens (tertiary/aromatic N) is 3. The third kappa shape index (κ3) is 3.66.